The minimum atomic E-state index is -0.316. The highest BCUT2D eigenvalue weighted by atomic mass is 16.6. The van der Waals surface area contributed by atoms with Gasteiger partial charge in [-0.1, -0.05) is 60.7 Å². The molecule has 1 amide bonds. The number of likely N-dealkylation sites (tertiary alicyclic amines) is 1. The number of nitrogens with zero attached hydrogens (tertiary/aromatic N) is 2. The van der Waals surface area contributed by atoms with Gasteiger partial charge in [0.1, 0.15) is 5.60 Å². The summed E-state index contributed by atoms with van der Waals surface area (Å²) in [4.78, 5) is 15.9. The third-order valence-electron chi connectivity index (χ3n) is 5.38. The van der Waals surface area contributed by atoms with Crippen molar-refractivity contribution in [3.63, 3.8) is 0 Å². The predicted molar refractivity (Wildman–Crippen MR) is 97.6 cm³/mol. The second-order valence-electron chi connectivity index (χ2n) is 7.27. The van der Waals surface area contributed by atoms with Crippen LogP contribution in [-0.2, 0) is 4.74 Å². The van der Waals surface area contributed by atoms with Crippen LogP contribution in [0.25, 0.3) is 0 Å². The van der Waals surface area contributed by atoms with Gasteiger partial charge in [-0.25, -0.2) is 4.79 Å². The zero-order chi connectivity index (χ0) is 17.3. The number of ether oxygens (including phenoxy) is 1. The first-order chi connectivity index (χ1) is 12.2. The molecule has 4 rings (SSSR count). The number of carbonyl (C=O) groups is 1. The Kier molecular flexibility index (Phi) is 4.22. The summed E-state index contributed by atoms with van der Waals surface area (Å²) < 4.78 is 5.69. The lowest BCUT2D eigenvalue weighted by atomic mass is 9.91. The normalized spacial score (nSPS) is 23.6. The Morgan fingerprint density at radius 2 is 1.60 bits per heavy atom. The molecular formula is C21H24N2O2. The molecule has 1 spiro atoms. The summed E-state index contributed by atoms with van der Waals surface area (Å²) >= 11 is 0. The first kappa shape index (κ1) is 16.2. The monoisotopic (exact) mass is 336 g/mol. The Hall–Kier alpha value is -2.33. The van der Waals surface area contributed by atoms with Crippen LogP contribution in [0.4, 0.5) is 4.79 Å². The van der Waals surface area contributed by atoms with Crippen LogP contribution in [0.3, 0.4) is 0 Å². The summed E-state index contributed by atoms with van der Waals surface area (Å²) in [5, 5.41) is 0. The van der Waals surface area contributed by atoms with Crippen molar-refractivity contribution < 1.29 is 9.53 Å². The molecule has 2 aromatic carbocycles. The summed E-state index contributed by atoms with van der Waals surface area (Å²) in [5.74, 6) is 0.326. The van der Waals surface area contributed by atoms with E-state index in [0.29, 0.717) is 12.5 Å². The molecule has 2 aliphatic heterocycles. The van der Waals surface area contributed by atoms with E-state index in [1.54, 1.807) is 4.90 Å². The molecule has 2 heterocycles. The maximum atomic E-state index is 11.8. The maximum Gasteiger partial charge on any atom is 0.410 e. The zero-order valence-electron chi connectivity index (χ0n) is 14.6. The van der Waals surface area contributed by atoms with Gasteiger partial charge < -0.3 is 9.64 Å². The van der Waals surface area contributed by atoms with Crippen molar-refractivity contribution in [2.24, 2.45) is 0 Å². The molecule has 0 aromatic heterocycles. The number of hydrogen-bond acceptors (Lipinski definition) is 3. The molecule has 4 nitrogen and oxygen atoms in total. The summed E-state index contributed by atoms with van der Waals surface area (Å²) in [6.45, 7) is 3.43. The van der Waals surface area contributed by atoms with Crippen molar-refractivity contribution in [3.05, 3.63) is 71.8 Å². The average molecular weight is 336 g/mol. The first-order valence-electron chi connectivity index (χ1n) is 8.92. The molecule has 2 aliphatic rings. The van der Waals surface area contributed by atoms with Gasteiger partial charge in [-0.3, -0.25) is 4.90 Å². The minimum absolute atomic E-state index is 0.190. The summed E-state index contributed by atoms with van der Waals surface area (Å²) in [6, 6.07) is 21.3. The van der Waals surface area contributed by atoms with Crippen molar-refractivity contribution in [3.8, 4) is 0 Å². The fourth-order valence-corrected chi connectivity index (χ4v) is 4.12. The van der Waals surface area contributed by atoms with Crippen LogP contribution >= 0.6 is 0 Å². The van der Waals surface area contributed by atoms with E-state index in [2.05, 4.69) is 65.6 Å². The SMILES string of the molecule is CN1C[C@]2(CCN(CC(c3ccccc3)c3ccccc3)C2)OC1=O. The van der Waals surface area contributed by atoms with Crippen molar-refractivity contribution in [1.29, 1.82) is 0 Å². The van der Waals surface area contributed by atoms with E-state index in [9.17, 15) is 4.79 Å². The van der Waals surface area contributed by atoms with Crippen LogP contribution in [0, 0.1) is 0 Å². The second kappa shape index (κ2) is 6.52. The van der Waals surface area contributed by atoms with E-state index < -0.39 is 0 Å². The van der Waals surface area contributed by atoms with Gasteiger partial charge in [0.25, 0.3) is 0 Å². The third-order valence-corrected chi connectivity index (χ3v) is 5.38. The molecular weight excluding hydrogens is 312 g/mol. The smallest absolute Gasteiger partial charge is 0.410 e. The molecule has 0 unspecified atom stereocenters. The highest BCUT2D eigenvalue weighted by Gasteiger charge is 2.48. The van der Waals surface area contributed by atoms with Crippen LogP contribution in [0.5, 0.6) is 0 Å². The lowest BCUT2D eigenvalue weighted by Gasteiger charge is -2.26. The maximum absolute atomic E-state index is 11.8. The number of benzene rings is 2. The Morgan fingerprint density at radius 3 is 2.12 bits per heavy atom. The Labute approximate surface area is 149 Å². The van der Waals surface area contributed by atoms with Crippen LogP contribution in [-0.4, -0.2) is 54.7 Å². The molecule has 25 heavy (non-hydrogen) atoms. The van der Waals surface area contributed by atoms with Gasteiger partial charge in [-0.05, 0) is 11.1 Å². The van der Waals surface area contributed by atoms with Crippen LogP contribution in [0.2, 0.25) is 0 Å². The van der Waals surface area contributed by atoms with Gasteiger partial charge in [0.05, 0.1) is 6.54 Å². The summed E-state index contributed by atoms with van der Waals surface area (Å²) in [5.41, 5.74) is 2.34. The highest BCUT2D eigenvalue weighted by molar-refractivity contribution is 5.70. The molecule has 0 aliphatic carbocycles. The number of amides is 1. The predicted octanol–water partition coefficient (Wildman–Crippen LogP) is 3.35. The fourth-order valence-electron chi connectivity index (χ4n) is 4.12. The van der Waals surface area contributed by atoms with E-state index in [-0.39, 0.29) is 11.7 Å². The lowest BCUT2D eigenvalue weighted by molar-refractivity contribution is 0.0631. The molecule has 0 radical (unpaired) electrons. The van der Waals surface area contributed by atoms with Gasteiger partial charge in [-0.15, -0.1) is 0 Å². The Balaban J connectivity index is 1.53. The summed E-state index contributed by atoms with van der Waals surface area (Å²) in [7, 11) is 1.82. The van der Waals surface area contributed by atoms with Gasteiger partial charge in [0.15, 0.2) is 0 Å². The van der Waals surface area contributed by atoms with E-state index in [1.165, 1.54) is 11.1 Å². The van der Waals surface area contributed by atoms with Crippen molar-refractivity contribution in [1.82, 2.24) is 9.80 Å². The van der Waals surface area contributed by atoms with E-state index >= 15 is 0 Å². The lowest BCUT2D eigenvalue weighted by Crippen LogP contribution is -2.38. The van der Waals surface area contributed by atoms with Gasteiger partial charge in [-0.2, -0.15) is 0 Å². The summed E-state index contributed by atoms with van der Waals surface area (Å²) in [6.07, 6.45) is 0.726. The zero-order valence-corrected chi connectivity index (χ0v) is 14.6. The van der Waals surface area contributed by atoms with E-state index in [0.717, 1.165) is 26.1 Å². The molecule has 2 saturated heterocycles. The third kappa shape index (κ3) is 3.27. The van der Waals surface area contributed by atoms with Crippen molar-refractivity contribution in [2.75, 3.05) is 33.2 Å². The molecule has 2 fully saturated rings. The molecule has 2 aromatic rings. The van der Waals surface area contributed by atoms with Crippen LogP contribution in [0.15, 0.2) is 60.7 Å². The van der Waals surface area contributed by atoms with Gasteiger partial charge >= 0.3 is 6.09 Å². The molecule has 4 heteroatoms. The van der Waals surface area contributed by atoms with Crippen LogP contribution < -0.4 is 0 Å². The largest absolute Gasteiger partial charge is 0.439 e. The molecule has 0 saturated carbocycles. The van der Waals surface area contributed by atoms with Crippen LogP contribution in [0.1, 0.15) is 23.5 Å². The Bertz CT molecular complexity index is 695. The number of carbonyl (C=O) groups excluding carboxylic acids is 1. The molecule has 130 valence electrons. The molecule has 1 atom stereocenters. The first-order valence-corrected chi connectivity index (χ1v) is 8.92. The number of hydrogen-bond donors (Lipinski definition) is 0. The quantitative estimate of drug-likeness (QED) is 0.858. The van der Waals surface area contributed by atoms with Crippen molar-refractivity contribution in [2.45, 2.75) is 17.9 Å². The highest BCUT2D eigenvalue weighted by Crippen LogP contribution is 2.34. The Morgan fingerprint density at radius 1 is 1.00 bits per heavy atom. The minimum Gasteiger partial charge on any atom is -0.439 e. The standard InChI is InChI=1S/C21H24N2O2/c1-22-15-21(25-20(22)24)12-13-23(16-21)14-19(17-8-4-2-5-9-17)18-10-6-3-7-11-18/h2-11,19H,12-16H2,1H3/t21-/m0/s1. The fraction of sp³-hybridized carbons (Fsp3) is 0.381. The average Bonchev–Trinajstić information content (AvgIpc) is 3.16. The topological polar surface area (TPSA) is 32.8 Å². The van der Waals surface area contributed by atoms with E-state index in [4.69, 9.17) is 4.74 Å². The van der Waals surface area contributed by atoms with Crippen molar-refractivity contribution >= 4 is 6.09 Å². The molecule has 0 bridgehead atoms. The number of likely N-dealkylation sites (N-methyl/N-ethyl adjacent to an activating group) is 1. The van der Waals surface area contributed by atoms with Gasteiger partial charge in [0, 0.05) is 39.0 Å². The molecule has 0 N–H and O–H groups in total. The number of rotatable bonds is 4. The second-order valence-corrected chi connectivity index (χ2v) is 7.27. The van der Waals surface area contributed by atoms with Gasteiger partial charge in [0.2, 0.25) is 0 Å². The van der Waals surface area contributed by atoms with E-state index in [1.807, 2.05) is 7.05 Å².